The quantitative estimate of drug-likeness (QED) is 0.887. The molecule has 1 fully saturated rings. The Morgan fingerprint density at radius 1 is 1.12 bits per heavy atom. The van der Waals surface area contributed by atoms with E-state index < -0.39 is 21.7 Å². The third-order valence-electron chi connectivity index (χ3n) is 4.34. The van der Waals surface area contributed by atoms with Crippen molar-refractivity contribution in [1.82, 2.24) is 9.71 Å². The van der Waals surface area contributed by atoms with E-state index in [1.165, 1.54) is 25.4 Å². The Morgan fingerprint density at radius 2 is 1.85 bits per heavy atom. The minimum absolute atomic E-state index is 0.125. The van der Waals surface area contributed by atoms with E-state index in [0.29, 0.717) is 11.4 Å². The van der Waals surface area contributed by atoms with Gasteiger partial charge in [0.1, 0.15) is 10.7 Å². The van der Waals surface area contributed by atoms with Crippen molar-refractivity contribution in [3.8, 4) is 0 Å². The number of benzene rings is 1. The zero-order valence-electron chi connectivity index (χ0n) is 14.2. The van der Waals surface area contributed by atoms with Gasteiger partial charge in [0, 0.05) is 19.3 Å². The van der Waals surface area contributed by atoms with Crippen LogP contribution in [0, 0.1) is 11.6 Å². The molecule has 0 aliphatic carbocycles. The summed E-state index contributed by atoms with van der Waals surface area (Å²) < 4.78 is 52.0. The zero-order valence-corrected chi connectivity index (χ0v) is 15.1. The maximum Gasteiger partial charge on any atom is 0.241 e. The second kappa shape index (κ2) is 7.51. The minimum atomic E-state index is -3.49. The molecule has 0 atom stereocenters. The SMILES string of the molecule is CNS(=O)(=O)c1ccc(N2CCC(=Cc3ccc(F)c(F)c3)CC2)nc1. The van der Waals surface area contributed by atoms with Crippen molar-refractivity contribution in [3.63, 3.8) is 0 Å². The highest BCUT2D eigenvalue weighted by Gasteiger charge is 2.17. The van der Waals surface area contributed by atoms with Crippen LogP contribution in [0.3, 0.4) is 0 Å². The van der Waals surface area contributed by atoms with Crippen molar-refractivity contribution in [2.24, 2.45) is 0 Å². The number of anilines is 1. The van der Waals surface area contributed by atoms with Gasteiger partial charge in [-0.2, -0.15) is 0 Å². The second-order valence-corrected chi connectivity index (χ2v) is 7.91. The van der Waals surface area contributed by atoms with E-state index in [1.807, 2.05) is 6.08 Å². The highest BCUT2D eigenvalue weighted by atomic mass is 32.2. The first-order valence-corrected chi connectivity index (χ1v) is 9.66. The summed E-state index contributed by atoms with van der Waals surface area (Å²) in [6, 6.07) is 7.09. The second-order valence-electron chi connectivity index (χ2n) is 6.02. The smallest absolute Gasteiger partial charge is 0.241 e. The zero-order chi connectivity index (χ0) is 18.7. The van der Waals surface area contributed by atoms with E-state index in [0.717, 1.165) is 37.6 Å². The lowest BCUT2D eigenvalue weighted by atomic mass is 10.0. The Hall–Kier alpha value is -2.32. The lowest BCUT2D eigenvalue weighted by molar-refractivity contribution is 0.508. The lowest BCUT2D eigenvalue weighted by Gasteiger charge is -2.29. The van der Waals surface area contributed by atoms with E-state index in [2.05, 4.69) is 14.6 Å². The van der Waals surface area contributed by atoms with Gasteiger partial charge in [0.15, 0.2) is 11.6 Å². The normalized spacial score (nSPS) is 15.2. The predicted molar refractivity (Wildman–Crippen MR) is 96.3 cm³/mol. The highest BCUT2D eigenvalue weighted by molar-refractivity contribution is 7.89. The van der Waals surface area contributed by atoms with Crippen LogP contribution in [0.15, 0.2) is 47.0 Å². The van der Waals surface area contributed by atoms with Gasteiger partial charge in [-0.15, -0.1) is 0 Å². The van der Waals surface area contributed by atoms with Gasteiger partial charge in [-0.05, 0) is 49.7 Å². The molecule has 0 bridgehead atoms. The molecule has 8 heteroatoms. The van der Waals surface area contributed by atoms with Crippen LogP contribution in [-0.4, -0.2) is 33.5 Å². The molecular weight excluding hydrogens is 360 g/mol. The molecular formula is C18H19F2N3O2S. The van der Waals surface area contributed by atoms with Crippen LogP contribution in [0.5, 0.6) is 0 Å². The molecule has 1 aliphatic rings. The minimum Gasteiger partial charge on any atom is -0.356 e. The third kappa shape index (κ3) is 4.08. The molecule has 138 valence electrons. The van der Waals surface area contributed by atoms with Crippen LogP contribution in [0.4, 0.5) is 14.6 Å². The van der Waals surface area contributed by atoms with Crippen LogP contribution in [0.25, 0.3) is 6.08 Å². The number of hydrogen-bond donors (Lipinski definition) is 1. The molecule has 1 aromatic heterocycles. The van der Waals surface area contributed by atoms with Crippen LogP contribution in [0.1, 0.15) is 18.4 Å². The Morgan fingerprint density at radius 3 is 2.42 bits per heavy atom. The number of piperidine rings is 1. The van der Waals surface area contributed by atoms with E-state index in [9.17, 15) is 17.2 Å². The van der Waals surface area contributed by atoms with Crippen LogP contribution in [-0.2, 0) is 10.0 Å². The summed E-state index contributed by atoms with van der Waals surface area (Å²) >= 11 is 0. The van der Waals surface area contributed by atoms with Crippen molar-refractivity contribution in [1.29, 1.82) is 0 Å². The molecule has 2 aromatic rings. The summed E-state index contributed by atoms with van der Waals surface area (Å²) in [4.78, 5) is 6.44. The molecule has 0 amide bonds. The first kappa shape index (κ1) is 18.5. The highest BCUT2D eigenvalue weighted by Crippen LogP contribution is 2.24. The summed E-state index contributed by atoms with van der Waals surface area (Å²) in [5.41, 5.74) is 1.80. The molecule has 0 unspecified atom stereocenters. The summed E-state index contributed by atoms with van der Waals surface area (Å²) in [7, 11) is -2.14. The number of sulfonamides is 1. The molecule has 5 nitrogen and oxygen atoms in total. The molecule has 0 saturated carbocycles. The molecule has 1 N–H and O–H groups in total. The molecule has 1 aliphatic heterocycles. The Balaban J connectivity index is 1.66. The van der Waals surface area contributed by atoms with Gasteiger partial charge < -0.3 is 4.90 Å². The van der Waals surface area contributed by atoms with Gasteiger partial charge in [0.2, 0.25) is 10.0 Å². The van der Waals surface area contributed by atoms with Crippen LogP contribution < -0.4 is 9.62 Å². The average molecular weight is 379 g/mol. The fourth-order valence-corrected chi connectivity index (χ4v) is 3.52. The van der Waals surface area contributed by atoms with Gasteiger partial charge >= 0.3 is 0 Å². The number of aromatic nitrogens is 1. The average Bonchev–Trinajstić information content (AvgIpc) is 2.65. The summed E-state index contributed by atoms with van der Waals surface area (Å²) in [6.45, 7) is 1.45. The Kier molecular flexibility index (Phi) is 5.33. The number of hydrogen-bond acceptors (Lipinski definition) is 4. The lowest BCUT2D eigenvalue weighted by Crippen LogP contribution is -2.31. The monoisotopic (exact) mass is 379 g/mol. The number of rotatable bonds is 4. The largest absolute Gasteiger partial charge is 0.356 e. The van der Waals surface area contributed by atoms with Crippen LogP contribution >= 0.6 is 0 Å². The Bertz CT molecular complexity index is 918. The van der Waals surface area contributed by atoms with Gasteiger partial charge in [0.25, 0.3) is 0 Å². The van der Waals surface area contributed by atoms with Crippen molar-refractivity contribution in [2.75, 3.05) is 25.0 Å². The summed E-state index contributed by atoms with van der Waals surface area (Å²) in [6.07, 6.45) is 4.78. The van der Waals surface area contributed by atoms with Crippen molar-refractivity contribution in [3.05, 3.63) is 59.3 Å². The molecule has 1 saturated heterocycles. The van der Waals surface area contributed by atoms with Gasteiger partial charge in [-0.25, -0.2) is 26.9 Å². The number of nitrogens with one attached hydrogen (secondary N) is 1. The molecule has 26 heavy (non-hydrogen) atoms. The molecule has 1 aromatic carbocycles. The standard InChI is InChI=1S/C18H19F2N3O2S/c1-21-26(24,25)15-3-5-18(22-12-15)23-8-6-13(7-9-23)10-14-2-4-16(19)17(20)11-14/h2-5,10-12,21H,6-9H2,1H3. The predicted octanol–water partition coefficient (Wildman–Crippen LogP) is 2.95. The number of pyridine rings is 1. The molecule has 0 radical (unpaired) electrons. The van der Waals surface area contributed by atoms with E-state index >= 15 is 0 Å². The fraction of sp³-hybridized carbons (Fsp3) is 0.278. The van der Waals surface area contributed by atoms with Gasteiger partial charge in [-0.3, -0.25) is 0 Å². The van der Waals surface area contributed by atoms with E-state index in [4.69, 9.17) is 0 Å². The van der Waals surface area contributed by atoms with Crippen molar-refractivity contribution in [2.45, 2.75) is 17.7 Å². The van der Waals surface area contributed by atoms with Gasteiger partial charge in [0.05, 0.1) is 0 Å². The first-order valence-electron chi connectivity index (χ1n) is 8.18. The number of nitrogens with zero attached hydrogens (tertiary/aromatic N) is 2. The topological polar surface area (TPSA) is 62.3 Å². The van der Waals surface area contributed by atoms with Crippen molar-refractivity contribution >= 4 is 21.9 Å². The molecule has 3 rings (SSSR count). The summed E-state index contributed by atoms with van der Waals surface area (Å²) in [5.74, 6) is -0.985. The molecule has 0 spiro atoms. The fourth-order valence-electron chi connectivity index (χ4n) is 2.84. The van der Waals surface area contributed by atoms with Crippen LogP contribution in [0.2, 0.25) is 0 Å². The Labute approximate surface area is 151 Å². The third-order valence-corrected chi connectivity index (χ3v) is 5.74. The van der Waals surface area contributed by atoms with E-state index in [1.54, 1.807) is 12.1 Å². The number of halogens is 2. The van der Waals surface area contributed by atoms with E-state index in [-0.39, 0.29) is 4.90 Å². The first-order chi connectivity index (χ1) is 12.4. The maximum atomic E-state index is 13.3. The summed E-state index contributed by atoms with van der Waals surface area (Å²) in [5, 5.41) is 0. The van der Waals surface area contributed by atoms with Crippen molar-refractivity contribution < 1.29 is 17.2 Å². The molecule has 2 heterocycles. The maximum absolute atomic E-state index is 13.3. The van der Waals surface area contributed by atoms with Gasteiger partial charge in [-0.1, -0.05) is 17.7 Å².